The average Bonchev–Trinajstić information content (AvgIpc) is 3.57. The second kappa shape index (κ2) is 9.14. The molecule has 1 aliphatic carbocycles. The maximum absolute atomic E-state index is 2.54. The Labute approximate surface area is 249 Å². The molecule has 0 N–H and O–H groups in total. The smallest absolute Gasteiger partial charge is 0.0646 e. The van der Waals surface area contributed by atoms with Crippen molar-refractivity contribution in [2.24, 2.45) is 0 Å². The highest BCUT2D eigenvalue weighted by atomic mass is 28.3. The van der Waals surface area contributed by atoms with Crippen LogP contribution in [0.25, 0.3) is 61.7 Å². The van der Waals surface area contributed by atoms with Crippen LogP contribution >= 0.6 is 0 Å². The molecule has 0 nitrogen and oxygen atoms in total. The lowest BCUT2D eigenvalue weighted by atomic mass is 9.85. The van der Waals surface area contributed by atoms with E-state index in [2.05, 4.69) is 146 Å². The normalized spacial score (nSPS) is 16.9. The number of rotatable bonds is 4. The molecule has 0 saturated carbocycles. The van der Waals surface area contributed by atoms with Crippen LogP contribution in [-0.4, -0.2) is 8.80 Å². The largest absolute Gasteiger partial charge is 0.116 e. The molecule has 3 aliphatic rings. The highest BCUT2D eigenvalue weighted by Crippen LogP contribution is 2.53. The van der Waals surface area contributed by atoms with E-state index in [1.807, 2.05) is 0 Å². The van der Waals surface area contributed by atoms with Gasteiger partial charge in [0.2, 0.25) is 0 Å². The molecule has 198 valence electrons. The first kappa shape index (κ1) is 23.9. The van der Waals surface area contributed by atoms with Crippen molar-refractivity contribution >= 4 is 25.2 Å². The zero-order valence-corrected chi connectivity index (χ0v) is 24.8. The Bertz CT molecular complexity index is 2010. The molecule has 2 unspecified atom stereocenters. The minimum Gasteiger partial charge on any atom is -0.0646 e. The van der Waals surface area contributed by atoms with Gasteiger partial charge in [-0.15, -0.1) is 0 Å². The van der Waals surface area contributed by atoms with Gasteiger partial charge in [-0.25, -0.2) is 0 Å². The molecule has 0 fully saturated rings. The van der Waals surface area contributed by atoms with Crippen LogP contribution in [0.5, 0.6) is 0 Å². The van der Waals surface area contributed by atoms with Crippen molar-refractivity contribution < 1.29 is 0 Å². The molecule has 2 bridgehead atoms. The highest BCUT2D eigenvalue weighted by molar-refractivity contribution is 6.92. The third-order valence-electron chi connectivity index (χ3n) is 9.80. The Morgan fingerprint density at radius 2 is 1.12 bits per heavy atom. The summed E-state index contributed by atoms with van der Waals surface area (Å²) in [6, 6.07) is 50.2. The summed E-state index contributed by atoms with van der Waals surface area (Å²) in [6.45, 7) is 2.36. The van der Waals surface area contributed by atoms with Crippen LogP contribution in [0.3, 0.4) is 0 Å². The van der Waals surface area contributed by atoms with E-state index in [-0.39, 0.29) is 0 Å². The summed E-state index contributed by atoms with van der Waals surface area (Å²) in [7, 11) is -1.59. The van der Waals surface area contributed by atoms with Crippen molar-refractivity contribution in [3.05, 3.63) is 150 Å². The molecule has 2 atom stereocenters. The standard InChI is InChI=1S/C41H30Si/c1-2-26-22-29-20-21-34-36-18-11-17-35-33-16-9-10-19-37(33)42(41(35)36)40(26)39(29)38(34)32-24-30(27-12-5-3-6-13-27)23-31(25-32)28-14-7-4-8-15-28/h3-25,40,42H,2H2,1H3. The molecule has 9 rings (SSSR count). The summed E-state index contributed by atoms with van der Waals surface area (Å²) >= 11 is 0. The van der Waals surface area contributed by atoms with E-state index in [4.69, 9.17) is 0 Å². The number of hydrogen-bond donors (Lipinski definition) is 0. The fourth-order valence-corrected chi connectivity index (χ4v) is 12.6. The first-order chi connectivity index (χ1) is 20.8. The van der Waals surface area contributed by atoms with Gasteiger partial charge in [-0.2, -0.15) is 0 Å². The van der Waals surface area contributed by atoms with Crippen LogP contribution in [0, 0.1) is 0 Å². The second-order valence-corrected chi connectivity index (χ2v) is 14.7. The third-order valence-corrected chi connectivity index (χ3v) is 13.6. The molecule has 0 saturated heterocycles. The van der Waals surface area contributed by atoms with Crippen molar-refractivity contribution in [1.82, 2.24) is 0 Å². The minimum absolute atomic E-state index is 0.478. The molecule has 0 spiro atoms. The van der Waals surface area contributed by atoms with Gasteiger partial charge < -0.3 is 0 Å². The van der Waals surface area contributed by atoms with Crippen molar-refractivity contribution in [1.29, 1.82) is 0 Å². The quantitative estimate of drug-likeness (QED) is 0.192. The van der Waals surface area contributed by atoms with Crippen molar-refractivity contribution in [2.45, 2.75) is 18.9 Å². The number of benzene rings is 6. The Morgan fingerprint density at radius 1 is 0.524 bits per heavy atom. The van der Waals surface area contributed by atoms with Gasteiger partial charge in [0.1, 0.15) is 8.80 Å². The molecule has 2 heterocycles. The Morgan fingerprint density at radius 3 is 1.81 bits per heavy atom. The average molecular weight is 551 g/mol. The van der Waals surface area contributed by atoms with E-state index < -0.39 is 8.80 Å². The van der Waals surface area contributed by atoms with Gasteiger partial charge in [0, 0.05) is 5.54 Å². The number of hydrogen-bond acceptors (Lipinski definition) is 0. The molecule has 0 amide bonds. The molecule has 42 heavy (non-hydrogen) atoms. The third kappa shape index (κ3) is 3.35. The topological polar surface area (TPSA) is 0 Å². The molecule has 6 aromatic carbocycles. The van der Waals surface area contributed by atoms with Crippen molar-refractivity contribution in [3.8, 4) is 55.6 Å². The monoisotopic (exact) mass is 550 g/mol. The molecule has 6 aromatic rings. The molecular weight excluding hydrogens is 521 g/mol. The minimum atomic E-state index is -1.59. The van der Waals surface area contributed by atoms with E-state index in [9.17, 15) is 0 Å². The van der Waals surface area contributed by atoms with Gasteiger partial charge in [0.25, 0.3) is 0 Å². The SMILES string of the molecule is CCC1=Cc2ccc3c(-c4cc(-c5ccccc5)cc(-c5ccccc5)c4)c2C1[SiH]1c2ccccc2-c2cccc-3c21. The summed E-state index contributed by atoms with van der Waals surface area (Å²) < 4.78 is 0. The van der Waals surface area contributed by atoms with E-state index in [1.165, 1.54) is 61.2 Å². The summed E-state index contributed by atoms with van der Waals surface area (Å²) in [6.07, 6.45) is 3.63. The lowest BCUT2D eigenvalue weighted by Gasteiger charge is -2.25. The molecular formula is C41H30Si. The Balaban J connectivity index is 1.38. The summed E-state index contributed by atoms with van der Waals surface area (Å²) in [5, 5.41) is 3.27. The van der Waals surface area contributed by atoms with Crippen LogP contribution < -0.4 is 10.4 Å². The Hall–Kier alpha value is -4.72. The van der Waals surface area contributed by atoms with Gasteiger partial charge in [0.05, 0.1) is 0 Å². The second-order valence-electron chi connectivity index (χ2n) is 11.9. The van der Waals surface area contributed by atoms with Crippen molar-refractivity contribution in [3.63, 3.8) is 0 Å². The lowest BCUT2D eigenvalue weighted by molar-refractivity contribution is 1.00. The molecule has 1 heteroatoms. The van der Waals surface area contributed by atoms with Crippen LogP contribution in [0.1, 0.15) is 30.0 Å². The fourth-order valence-electron chi connectivity index (χ4n) is 8.06. The highest BCUT2D eigenvalue weighted by Gasteiger charge is 2.45. The summed E-state index contributed by atoms with van der Waals surface area (Å²) in [5.41, 5.74) is 18.7. The summed E-state index contributed by atoms with van der Waals surface area (Å²) in [4.78, 5) is 0. The lowest BCUT2D eigenvalue weighted by Crippen LogP contribution is -2.44. The predicted molar refractivity (Wildman–Crippen MR) is 181 cm³/mol. The van der Waals surface area contributed by atoms with Gasteiger partial charge >= 0.3 is 0 Å². The molecule has 0 aromatic heterocycles. The van der Waals surface area contributed by atoms with Gasteiger partial charge in [-0.05, 0) is 102 Å². The van der Waals surface area contributed by atoms with E-state index in [0.717, 1.165) is 6.42 Å². The maximum atomic E-state index is 2.54. The maximum Gasteiger partial charge on any atom is 0.116 e. The van der Waals surface area contributed by atoms with E-state index in [0.29, 0.717) is 5.54 Å². The van der Waals surface area contributed by atoms with Crippen LogP contribution in [0.15, 0.2) is 139 Å². The van der Waals surface area contributed by atoms with Crippen LogP contribution in [0.2, 0.25) is 0 Å². The first-order valence-electron chi connectivity index (χ1n) is 15.2. The zero-order valence-electron chi connectivity index (χ0n) is 23.6. The number of fused-ring (bicyclic) bond motifs is 6. The zero-order chi connectivity index (χ0) is 27.8. The fraction of sp³-hybridized carbons (Fsp3) is 0.0732. The molecule has 0 radical (unpaired) electrons. The predicted octanol–water partition coefficient (Wildman–Crippen LogP) is 9.12. The number of allylic oxidation sites excluding steroid dienone is 1. The first-order valence-corrected chi connectivity index (χ1v) is 17.0. The van der Waals surface area contributed by atoms with Crippen molar-refractivity contribution in [2.75, 3.05) is 0 Å². The van der Waals surface area contributed by atoms with Crippen LogP contribution in [-0.2, 0) is 0 Å². The molecule has 2 aliphatic heterocycles. The summed E-state index contributed by atoms with van der Waals surface area (Å²) in [5.74, 6) is 0. The van der Waals surface area contributed by atoms with Gasteiger partial charge in [-0.3, -0.25) is 0 Å². The van der Waals surface area contributed by atoms with Gasteiger partial charge in [-0.1, -0.05) is 134 Å². The van der Waals surface area contributed by atoms with Crippen LogP contribution in [0.4, 0.5) is 0 Å². The van der Waals surface area contributed by atoms with E-state index in [1.54, 1.807) is 21.5 Å². The Kier molecular flexibility index (Phi) is 5.21. The van der Waals surface area contributed by atoms with E-state index >= 15 is 0 Å². The van der Waals surface area contributed by atoms with Gasteiger partial charge in [0.15, 0.2) is 0 Å².